The van der Waals surface area contributed by atoms with Crippen LogP contribution in [0.25, 0.3) is 43.8 Å². The van der Waals surface area contributed by atoms with Crippen LogP contribution in [0, 0.1) is 0 Å². The summed E-state index contributed by atoms with van der Waals surface area (Å²) in [6.45, 7) is 18.7. The van der Waals surface area contributed by atoms with Gasteiger partial charge in [-0.05, 0) is 11.1 Å². The van der Waals surface area contributed by atoms with Gasteiger partial charge in [-0.25, -0.2) is 0 Å². The van der Waals surface area contributed by atoms with Gasteiger partial charge in [-0.3, -0.25) is 0 Å². The number of benzene rings is 4. The van der Waals surface area contributed by atoms with Crippen molar-refractivity contribution in [3.8, 4) is 22.3 Å². The Morgan fingerprint density at radius 3 is 1.14 bits per heavy atom. The topological polar surface area (TPSA) is 0 Å². The molecule has 0 bridgehead atoms. The molecule has 0 unspecified atom stereocenters. The van der Waals surface area contributed by atoms with E-state index in [2.05, 4.69) is 174 Å². The summed E-state index contributed by atoms with van der Waals surface area (Å²) in [5.74, 6) is 0. The molecule has 0 saturated heterocycles. The van der Waals surface area contributed by atoms with E-state index in [0.717, 1.165) is 9.52 Å². The second kappa shape index (κ2) is 17.2. The summed E-state index contributed by atoms with van der Waals surface area (Å²) in [5, 5.41) is 8.63. The summed E-state index contributed by atoms with van der Waals surface area (Å²) in [6.07, 6.45) is 0. The van der Waals surface area contributed by atoms with Crippen LogP contribution in [0.1, 0.15) is 0 Å². The fourth-order valence-corrected chi connectivity index (χ4v) is 7.41. The molecule has 0 heterocycles. The molecule has 0 aromatic heterocycles. The fraction of sp³-hybridized carbons (Fsp3) is 0.211. The Kier molecular flexibility index (Phi) is 14.4. The molecule has 0 fully saturated rings. The first kappa shape index (κ1) is 36.7. The van der Waals surface area contributed by atoms with Gasteiger partial charge in [0.05, 0.1) is 16.1 Å². The molecule has 6 aromatic rings. The van der Waals surface area contributed by atoms with Crippen LogP contribution >= 0.6 is 17.0 Å². The Morgan fingerprint density at radius 2 is 0.841 bits per heavy atom. The molecular formula is C38H44Cl2Si3Zr. The van der Waals surface area contributed by atoms with Crippen molar-refractivity contribution in [2.75, 3.05) is 0 Å². The quantitative estimate of drug-likeness (QED) is 0.124. The third kappa shape index (κ3) is 10.1. The van der Waals surface area contributed by atoms with Crippen LogP contribution in [0.15, 0.2) is 121 Å². The van der Waals surface area contributed by atoms with Gasteiger partial charge in [-0.1, -0.05) is 136 Å². The second-order valence-electron chi connectivity index (χ2n) is 12.9. The van der Waals surface area contributed by atoms with Crippen molar-refractivity contribution in [1.29, 1.82) is 0 Å². The van der Waals surface area contributed by atoms with Crippen LogP contribution in [0.5, 0.6) is 0 Å². The Labute approximate surface area is 289 Å². The van der Waals surface area contributed by atoms with Crippen molar-refractivity contribution in [3.63, 3.8) is 0 Å². The monoisotopic (exact) mass is 744 g/mol. The SMILES string of the molecule is C[Si](C)(C)c1cc2c(-c3ccccc3)cccc2[cH-]1.C[Si](C)(C)c1cc2c(-c3ccccc3)cccc2[cH-]1.C[Si]C.[Cl][Zr+2][Cl]. The molecule has 44 heavy (non-hydrogen) atoms. The van der Waals surface area contributed by atoms with Gasteiger partial charge in [-0.2, -0.15) is 12.1 Å². The average molecular weight is 747 g/mol. The van der Waals surface area contributed by atoms with Crippen molar-refractivity contribution in [3.05, 3.63) is 121 Å². The molecule has 0 nitrogen and oxygen atoms in total. The molecule has 6 heteroatoms. The maximum absolute atomic E-state index is 4.93. The van der Waals surface area contributed by atoms with Crippen LogP contribution in [0.4, 0.5) is 0 Å². The molecule has 0 amide bonds. The standard InChI is InChI=1S/2C18H19Si.C2H6Si.2ClH.Zr/c2*1-19(2,3)16-12-15-10-7-11-17(18(15)13-16)14-8-5-4-6-9-14;1-3-2;;;/h2*4-13H,1-3H3;1-2H3;2*1H;/q2*-1;;;;+4/p-2. The minimum absolute atomic E-state index is 0.826. The molecule has 0 spiro atoms. The molecule has 0 atom stereocenters. The van der Waals surface area contributed by atoms with E-state index in [1.807, 2.05) is 0 Å². The van der Waals surface area contributed by atoms with E-state index >= 15 is 0 Å². The van der Waals surface area contributed by atoms with E-state index in [9.17, 15) is 0 Å². The first-order valence-electron chi connectivity index (χ1n) is 15.0. The summed E-state index contributed by atoms with van der Waals surface area (Å²) in [6, 6.07) is 44.2. The number of hydrogen-bond acceptors (Lipinski definition) is 0. The summed E-state index contributed by atoms with van der Waals surface area (Å²) in [4.78, 5) is 0. The van der Waals surface area contributed by atoms with Crippen molar-refractivity contribution >= 4 is 74.6 Å². The Hall–Kier alpha value is -1.79. The zero-order valence-electron chi connectivity index (χ0n) is 27.3. The van der Waals surface area contributed by atoms with Crippen LogP contribution in [-0.2, 0) is 20.8 Å². The summed E-state index contributed by atoms with van der Waals surface area (Å²) in [7, 11) is 8.47. The van der Waals surface area contributed by atoms with Gasteiger partial charge in [-0.15, -0.1) is 68.3 Å². The summed E-state index contributed by atoms with van der Waals surface area (Å²) in [5.41, 5.74) is 5.31. The van der Waals surface area contributed by atoms with E-state index in [4.69, 9.17) is 17.0 Å². The van der Waals surface area contributed by atoms with E-state index < -0.39 is 37.0 Å². The molecule has 6 aromatic carbocycles. The summed E-state index contributed by atoms with van der Waals surface area (Å²) >= 11 is -0.826. The van der Waals surface area contributed by atoms with Gasteiger partial charge in [0.25, 0.3) is 0 Å². The predicted molar refractivity (Wildman–Crippen MR) is 205 cm³/mol. The van der Waals surface area contributed by atoms with Crippen molar-refractivity contribution < 1.29 is 20.8 Å². The predicted octanol–water partition coefficient (Wildman–Crippen LogP) is 11.7. The maximum atomic E-state index is 4.93. The van der Waals surface area contributed by atoms with Crippen LogP contribution < -0.4 is 10.4 Å². The molecule has 226 valence electrons. The van der Waals surface area contributed by atoms with E-state index in [-0.39, 0.29) is 0 Å². The van der Waals surface area contributed by atoms with Crippen LogP contribution in [-0.4, -0.2) is 25.7 Å². The third-order valence-electron chi connectivity index (χ3n) is 7.40. The molecule has 2 radical (unpaired) electrons. The number of fused-ring (bicyclic) bond motifs is 2. The Bertz CT molecular complexity index is 1580. The van der Waals surface area contributed by atoms with Crippen molar-refractivity contribution in [1.82, 2.24) is 0 Å². The molecule has 0 aliphatic carbocycles. The van der Waals surface area contributed by atoms with E-state index in [1.165, 1.54) is 43.8 Å². The molecule has 6 rings (SSSR count). The van der Waals surface area contributed by atoms with Gasteiger partial charge >= 0.3 is 37.9 Å². The van der Waals surface area contributed by atoms with Crippen molar-refractivity contribution in [2.45, 2.75) is 52.4 Å². The normalized spacial score (nSPS) is 11.0. The van der Waals surface area contributed by atoms with Crippen LogP contribution in [0.3, 0.4) is 0 Å². The first-order chi connectivity index (χ1) is 20.9. The third-order valence-corrected chi connectivity index (χ3v) is 11.4. The molecule has 0 aliphatic rings. The van der Waals surface area contributed by atoms with Crippen LogP contribution in [0.2, 0.25) is 52.4 Å². The van der Waals surface area contributed by atoms with Crippen molar-refractivity contribution in [2.24, 2.45) is 0 Å². The fourth-order valence-electron chi connectivity index (χ4n) is 5.07. The zero-order valence-corrected chi connectivity index (χ0v) is 34.3. The Balaban J connectivity index is 0.000000204. The molecule has 0 aliphatic heterocycles. The van der Waals surface area contributed by atoms with Gasteiger partial charge in [0, 0.05) is 9.52 Å². The van der Waals surface area contributed by atoms with Gasteiger partial charge in [0.15, 0.2) is 0 Å². The van der Waals surface area contributed by atoms with Gasteiger partial charge < -0.3 is 0 Å². The molecular weight excluding hydrogens is 703 g/mol. The minimum atomic E-state index is -1.24. The molecule has 0 saturated carbocycles. The number of rotatable bonds is 4. The summed E-state index contributed by atoms with van der Waals surface area (Å²) < 4.78 is 0. The van der Waals surface area contributed by atoms with Gasteiger partial charge in [0.2, 0.25) is 0 Å². The average Bonchev–Trinajstić information content (AvgIpc) is 3.65. The van der Waals surface area contributed by atoms with E-state index in [1.54, 1.807) is 10.4 Å². The first-order valence-corrected chi connectivity index (χ1v) is 30.3. The zero-order chi connectivity index (χ0) is 32.3. The van der Waals surface area contributed by atoms with E-state index in [0.29, 0.717) is 0 Å². The number of hydrogen-bond donors (Lipinski definition) is 0. The second-order valence-corrected chi connectivity index (χ2v) is 27.8. The molecule has 0 N–H and O–H groups in total. The number of halogens is 2. The van der Waals surface area contributed by atoms with Gasteiger partial charge in [0.1, 0.15) is 0 Å². The Morgan fingerprint density at radius 1 is 0.523 bits per heavy atom.